The number of hydrogen-bond donors (Lipinski definition) is 1. The van der Waals surface area contributed by atoms with Crippen LogP contribution in [-0.2, 0) is 9.47 Å². The third kappa shape index (κ3) is 7.54. The smallest absolute Gasteiger partial charge is 0.407 e. The highest BCUT2D eigenvalue weighted by atomic mass is 35.5. The third-order valence-electron chi connectivity index (χ3n) is 5.52. The zero-order valence-corrected chi connectivity index (χ0v) is 22.1. The van der Waals surface area contributed by atoms with E-state index < -0.39 is 17.5 Å². The van der Waals surface area contributed by atoms with Crippen LogP contribution in [0, 0.1) is 5.82 Å². The number of nitrogens with one attached hydrogen (secondary N) is 1. The maximum atomic E-state index is 15.6. The van der Waals surface area contributed by atoms with Crippen LogP contribution in [0.3, 0.4) is 0 Å². The molecule has 3 aromatic carbocycles. The van der Waals surface area contributed by atoms with Gasteiger partial charge in [-0.15, -0.1) is 0 Å². The molecule has 1 amide bonds. The molecule has 0 saturated heterocycles. The van der Waals surface area contributed by atoms with Crippen LogP contribution in [0.5, 0.6) is 5.75 Å². The summed E-state index contributed by atoms with van der Waals surface area (Å²) >= 11 is 6.53. The number of hydrogen-bond acceptors (Lipinski definition) is 5. The molecule has 0 spiro atoms. The molecule has 0 bridgehead atoms. The normalized spacial score (nSPS) is 12.1. The summed E-state index contributed by atoms with van der Waals surface area (Å²) in [6.07, 6.45) is 0.0387. The van der Waals surface area contributed by atoms with Gasteiger partial charge in [0.2, 0.25) is 0 Å². The lowest BCUT2D eigenvalue weighted by Gasteiger charge is -2.23. The van der Waals surface area contributed by atoms with E-state index in [0.717, 1.165) is 11.1 Å². The Balaban J connectivity index is 2.04. The molecule has 196 valence electrons. The van der Waals surface area contributed by atoms with Gasteiger partial charge in [-0.2, -0.15) is 0 Å². The maximum absolute atomic E-state index is 15.6. The number of carbonyl (C=O) groups is 2. The summed E-state index contributed by atoms with van der Waals surface area (Å²) in [5.74, 6) is -0.998. The largest absolute Gasteiger partial charge is 0.488 e. The highest BCUT2D eigenvalue weighted by Crippen LogP contribution is 2.38. The Morgan fingerprint density at radius 3 is 2.43 bits per heavy atom. The number of benzene rings is 3. The molecule has 8 heteroatoms. The molecule has 0 radical (unpaired) electrons. The summed E-state index contributed by atoms with van der Waals surface area (Å²) < 4.78 is 31.5. The maximum Gasteiger partial charge on any atom is 0.407 e. The summed E-state index contributed by atoms with van der Waals surface area (Å²) in [5.41, 5.74) is 1.58. The molecule has 0 fully saturated rings. The molecule has 0 saturated carbocycles. The molecule has 6 nitrogen and oxygen atoms in total. The lowest BCUT2D eigenvalue weighted by atomic mass is 9.88. The van der Waals surface area contributed by atoms with Gasteiger partial charge in [0.25, 0.3) is 0 Å². The van der Waals surface area contributed by atoms with Crippen LogP contribution in [0.4, 0.5) is 9.18 Å². The number of alkyl carbamates (subject to hydrolysis) is 1. The van der Waals surface area contributed by atoms with Crippen LogP contribution in [-0.4, -0.2) is 44.8 Å². The predicted molar refractivity (Wildman–Crippen MR) is 142 cm³/mol. The number of carbonyl (C=O) groups excluding carboxylic acids is 2. The number of halogens is 2. The molecule has 3 rings (SSSR count). The molecule has 3 aromatic rings. The third-order valence-corrected chi connectivity index (χ3v) is 5.85. The molecule has 0 aliphatic carbocycles. The van der Waals surface area contributed by atoms with E-state index in [1.165, 1.54) is 19.2 Å². The van der Waals surface area contributed by atoms with Crippen LogP contribution >= 0.6 is 11.6 Å². The van der Waals surface area contributed by atoms with Crippen molar-refractivity contribution in [3.63, 3.8) is 0 Å². The molecule has 0 aromatic heterocycles. The highest BCUT2D eigenvalue weighted by Gasteiger charge is 2.23. The zero-order valence-electron chi connectivity index (χ0n) is 21.3. The molecule has 0 heterocycles. The van der Waals surface area contributed by atoms with E-state index in [0.29, 0.717) is 11.8 Å². The van der Waals surface area contributed by atoms with Gasteiger partial charge < -0.3 is 19.5 Å². The molecule has 0 aliphatic rings. The first-order chi connectivity index (χ1) is 17.6. The van der Waals surface area contributed by atoms with Crippen molar-refractivity contribution >= 4 is 24.0 Å². The van der Waals surface area contributed by atoms with Gasteiger partial charge in [-0.05, 0) is 56.2 Å². The standard InChI is InChI=1S/C29H31ClFNO5/c1-29(2,3)37-28(34)32-17-23(19-8-6-5-7-9-19)20-10-12-24(30)22(16-20)26-21(18-33)11-13-25(27(26)31)36-15-14-35-4/h5-13,16,18,23H,14-15,17H2,1-4H3,(H,32,34). The molecule has 1 atom stereocenters. The number of amides is 1. The fourth-order valence-electron chi connectivity index (χ4n) is 3.85. The van der Waals surface area contributed by atoms with Crippen molar-refractivity contribution in [1.29, 1.82) is 0 Å². The second-order valence-electron chi connectivity index (χ2n) is 9.39. The van der Waals surface area contributed by atoms with Crippen molar-refractivity contribution < 1.29 is 28.2 Å². The zero-order chi connectivity index (χ0) is 27.0. The van der Waals surface area contributed by atoms with Crippen LogP contribution in [0.15, 0.2) is 60.7 Å². The van der Waals surface area contributed by atoms with Gasteiger partial charge in [-0.3, -0.25) is 4.79 Å². The van der Waals surface area contributed by atoms with E-state index in [1.54, 1.807) is 32.9 Å². The summed E-state index contributed by atoms with van der Waals surface area (Å²) in [4.78, 5) is 24.2. The second-order valence-corrected chi connectivity index (χ2v) is 9.79. The number of rotatable bonds is 10. The first-order valence-electron chi connectivity index (χ1n) is 11.9. The first kappa shape index (κ1) is 28.2. The van der Waals surface area contributed by atoms with E-state index in [-0.39, 0.29) is 47.6 Å². The Morgan fingerprint density at radius 2 is 1.78 bits per heavy atom. The van der Waals surface area contributed by atoms with Gasteiger partial charge in [0.05, 0.1) is 6.61 Å². The number of methoxy groups -OCH3 is 1. The van der Waals surface area contributed by atoms with E-state index in [9.17, 15) is 9.59 Å². The van der Waals surface area contributed by atoms with Crippen LogP contribution in [0.1, 0.15) is 48.2 Å². The van der Waals surface area contributed by atoms with Crippen molar-refractivity contribution in [2.24, 2.45) is 0 Å². The van der Waals surface area contributed by atoms with Gasteiger partial charge in [0.1, 0.15) is 12.2 Å². The highest BCUT2D eigenvalue weighted by molar-refractivity contribution is 6.33. The molecule has 1 N–H and O–H groups in total. The molecule has 0 aliphatic heterocycles. The molecule has 37 heavy (non-hydrogen) atoms. The van der Waals surface area contributed by atoms with Gasteiger partial charge in [-0.25, -0.2) is 9.18 Å². The monoisotopic (exact) mass is 527 g/mol. The second kappa shape index (κ2) is 12.7. The molecule has 1 unspecified atom stereocenters. The van der Waals surface area contributed by atoms with Crippen molar-refractivity contribution in [2.75, 3.05) is 26.9 Å². The molecular formula is C29H31ClFNO5. The average Bonchev–Trinajstić information content (AvgIpc) is 2.86. The Morgan fingerprint density at radius 1 is 1.05 bits per heavy atom. The van der Waals surface area contributed by atoms with Gasteiger partial charge >= 0.3 is 6.09 Å². The minimum atomic E-state index is -0.692. The average molecular weight is 528 g/mol. The summed E-state index contributed by atoms with van der Waals surface area (Å²) in [5, 5.41) is 3.10. The van der Waals surface area contributed by atoms with E-state index in [1.807, 2.05) is 36.4 Å². The quantitative estimate of drug-likeness (QED) is 0.236. The van der Waals surface area contributed by atoms with Crippen LogP contribution in [0.25, 0.3) is 11.1 Å². The Kier molecular flexibility index (Phi) is 9.66. The SMILES string of the molecule is COCCOc1ccc(C=O)c(-c2cc(C(CNC(=O)OC(C)(C)C)c3ccccc3)ccc2Cl)c1F. The summed E-state index contributed by atoms with van der Waals surface area (Å²) in [6.45, 7) is 6.03. The van der Waals surface area contributed by atoms with Crippen LogP contribution < -0.4 is 10.1 Å². The van der Waals surface area contributed by atoms with Gasteiger partial charge in [0, 0.05) is 41.3 Å². The first-order valence-corrected chi connectivity index (χ1v) is 12.2. The Hall–Kier alpha value is -3.42. The van der Waals surface area contributed by atoms with E-state index >= 15 is 4.39 Å². The number of ether oxygens (including phenoxy) is 3. The van der Waals surface area contributed by atoms with E-state index in [2.05, 4.69) is 5.32 Å². The summed E-state index contributed by atoms with van der Waals surface area (Å²) in [6, 6.07) is 17.7. The lowest BCUT2D eigenvalue weighted by molar-refractivity contribution is 0.0526. The van der Waals surface area contributed by atoms with Crippen molar-refractivity contribution in [1.82, 2.24) is 5.32 Å². The van der Waals surface area contributed by atoms with E-state index in [4.69, 9.17) is 25.8 Å². The van der Waals surface area contributed by atoms with Crippen molar-refractivity contribution in [3.05, 3.63) is 88.2 Å². The van der Waals surface area contributed by atoms with Crippen molar-refractivity contribution in [3.8, 4) is 16.9 Å². The lowest BCUT2D eigenvalue weighted by Crippen LogP contribution is -2.35. The number of aldehydes is 1. The predicted octanol–water partition coefficient (Wildman–Crippen LogP) is 6.64. The topological polar surface area (TPSA) is 73.9 Å². The Labute approximate surface area is 221 Å². The minimum absolute atomic E-state index is 0.00896. The summed E-state index contributed by atoms with van der Waals surface area (Å²) in [7, 11) is 1.52. The fraction of sp³-hybridized carbons (Fsp3) is 0.310. The van der Waals surface area contributed by atoms with Crippen molar-refractivity contribution in [2.45, 2.75) is 32.3 Å². The Bertz CT molecular complexity index is 1230. The molecular weight excluding hydrogens is 497 g/mol. The van der Waals surface area contributed by atoms with Gasteiger partial charge in [-0.1, -0.05) is 48.0 Å². The minimum Gasteiger partial charge on any atom is -0.488 e. The fourth-order valence-corrected chi connectivity index (χ4v) is 4.07. The van der Waals surface area contributed by atoms with Crippen LogP contribution in [0.2, 0.25) is 5.02 Å². The van der Waals surface area contributed by atoms with Gasteiger partial charge in [0.15, 0.2) is 17.9 Å².